The second-order valence-electron chi connectivity index (χ2n) is 5.09. The van der Waals surface area contributed by atoms with Crippen LogP contribution in [0.2, 0.25) is 0 Å². The SMILES string of the molecule is C[C@@H]1CNC[C@@](CO)(c2cccc3ncccc23)O1. The number of pyridine rings is 1. The molecule has 1 aromatic heterocycles. The highest BCUT2D eigenvalue weighted by atomic mass is 16.5. The van der Waals surface area contributed by atoms with Gasteiger partial charge in [0.15, 0.2) is 0 Å². The number of hydrogen-bond acceptors (Lipinski definition) is 4. The van der Waals surface area contributed by atoms with Gasteiger partial charge >= 0.3 is 0 Å². The molecule has 2 aromatic rings. The predicted molar refractivity (Wildman–Crippen MR) is 73.9 cm³/mol. The van der Waals surface area contributed by atoms with Gasteiger partial charge in [0.2, 0.25) is 0 Å². The van der Waals surface area contributed by atoms with Gasteiger partial charge in [-0.2, -0.15) is 0 Å². The average Bonchev–Trinajstić information content (AvgIpc) is 2.46. The average molecular weight is 258 g/mol. The molecule has 0 radical (unpaired) electrons. The third-order valence-corrected chi connectivity index (χ3v) is 3.66. The lowest BCUT2D eigenvalue weighted by atomic mass is 9.89. The van der Waals surface area contributed by atoms with E-state index < -0.39 is 5.60 Å². The van der Waals surface area contributed by atoms with Crippen LogP contribution in [0.15, 0.2) is 36.5 Å². The molecule has 19 heavy (non-hydrogen) atoms. The molecule has 100 valence electrons. The van der Waals surface area contributed by atoms with Crippen molar-refractivity contribution in [2.45, 2.75) is 18.6 Å². The molecule has 1 saturated heterocycles. The molecule has 1 fully saturated rings. The molecular formula is C15H18N2O2. The van der Waals surface area contributed by atoms with Gasteiger partial charge in [-0.3, -0.25) is 4.98 Å². The Hall–Kier alpha value is -1.49. The first-order valence-electron chi connectivity index (χ1n) is 6.59. The van der Waals surface area contributed by atoms with Crippen molar-refractivity contribution in [3.8, 4) is 0 Å². The summed E-state index contributed by atoms with van der Waals surface area (Å²) < 4.78 is 6.08. The van der Waals surface area contributed by atoms with E-state index in [-0.39, 0.29) is 12.7 Å². The Balaban J connectivity index is 2.16. The van der Waals surface area contributed by atoms with E-state index in [0.29, 0.717) is 6.54 Å². The molecule has 0 spiro atoms. The third kappa shape index (κ3) is 2.12. The van der Waals surface area contributed by atoms with Gasteiger partial charge in [-0.25, -0.2) is 0 Å². The van der Waals surface area contributed by atoms with Gasteiger partial charge in [0, 0.05) is 24.7 Å². The number of nitrogens with zero attached hydrogens (tertiary/aromatic N) is 1. The zero-order valence-electron chi connectivity index (χ0n) is 11.0. The fourth-order valence-electron chi connectivity index (χ4n) is 2.78. The van der Waals surface area contributed by atoms with Crippen molar-refractivity contribution in [2.24, 2.45) is 0 Å². The summed E-state index contributed by atoms with van der Waals surface area (Å²) in [5.41, 5.74) is 1.24. The van der Waals surface area contributed by atoms with Crippen molar-refractivity contribution in [3.63, 3.8) is 0 Å². The van der Waals surface area contributed by atoms with E-state index in [1.165, 1.54) is 0 Å². The van der Waals surface area contributed by atoms with Gasteiger partial charge in [-0.1, -0.05) is 18.2 Å². The molecule has 1 aromatic carbocycles. The van der Waals surface area contributed by atoms with E-state index in [1.54, 1.807) is 6.20 Å². The van der Waals surface area contributed by atoms with E-state index in [0.717, 1.165) is 23.0 Å². The molecule has 0 unspecified atom stereocenters. The molecule has 2 N–H and O–H groups in total. The Bertz CT molecular complexity index is 582. The van der Waals surface area contributed by atoms with Crippen molar-refractivity contribution in [3.05, 3.63) is 42.1 Å². The summed E-state index contributed by atoms with van der Waals surface area (Å²) in [5, 5.41) is 14.3. The molecule has 0 amide bonds. The van der Waals surface area contributed by atoms with Crippen LogP contribution in [0.5, 0.6) is 0 Å². The lowest BCUT2D eigenvalue weighted by Gasteiger charge is -2.40. The maximum absolute atomic E-state index is 9.89. The van der Waals surface area contributed by atoms with Crippen LogP contribution in [0.25, 0.3) is 10.9 Å². The minimum Gasteiger partial charge on any atom is -0.393 e. The Morgan fingerprint density at radius 1 is 1.42 bits per heavy atom. The number of fused-ring (bicyclic) bond motifs is 1. The van der Waals surface area contributed by atoms with Crippen LogP contribution in [0, 0.1) is 0 Å². The molecule has 3 rings (SSSR count). The lowest BCUT2D eigenvalue weighted by molar-refractivity contribution is -0.137. The number of nitrogens with one attached hydrogen (secondary N) is 1. The van der Waals surface area contributed by atoms with E-state index in [4.69, 9.17) is 4.74 Å². The summed E-state index contributed by atoms with van der Waals surface area (Å²) in [5.74, 6) is 0. The van der Waals surface area contributed by atoms with Crippen molar-refractivity contribution in [2.75, 3.05) is 19.7 Å². The van der Waals surface area contributed by atoms with Crippen molar-refractivity contribution in [1.29, 1.82) is 0 Å². The van der Waals surface area contributed by atoms with Crippen LogP contribution in [0.4, 0.5) is 0 Å². The number of benzene rings is 1. The molecule has 2 atom stereocenters. The Labute approximate surface area is 112 Å². The number of hydrogen-bond donors (Lipinski definition) is 2. The predicted octanol–water partition coefficient (Wildman–Crippen LogP) is 1.43. The van der Waals surface area contributed by atoms with Gasteiger partial charge in [-0.15, -0.1) is 0 Å². The summed E-state index contributed by atoms with van der Waals surface area (Å²) in [6.07, 6.45) is 1.85. The summed E-state index contributed by atoms with van der Waals surface area (Å²) in [7, 11) is 0. The highest BCUT2D eigenvalue weighted by molar-refractivity contribution is 5.83. The summed E-state index contributed by atoms with van der Waals surface area (Å²) in [4.78, 5) is 4.36. The fraction of sp³-hybridized carbons (Fsp3) is 0.400. The van der Waals surface area contributed by atoms with E-state index in [1.807, 2.05) is 37.3 Å². The van der Waals surface area contributed by atoms with E-state index >= 15 is 0 Å². The number of ether oxygens (including phenoxy) is 1. The molecule has 1 aliphatic rings. The van der Waals surface area contributed by atoms with Crippen LogP contribution in [0.1, 0.15) is 12.5 Å². The molecule has 2 heterocycles. The maximum atomic E-state index is 9.89. The smallest absolute Gasteiger partial charge is 0.129 e. The normalized spacial score (nSPS) is 27.6. The molecule has 0 bridgehead atoms. The standard InChI is InChI=1S/C15H18N2O2/c1-11-8-16-9-15(10-18,19-11)13-5-2-6-14-12(13)4-3-7-17-14/h2-7,11,16,18H,8-10H2,1H3/t11-,15-/m1/s1. The molecular weight excluding hydrogens is 240 g/mol. The van der Waals surface area contributed by atoms with Crippen LogP contribution in [-0.4, -0.2) is 35.9 Å². The summed E-state index contributed by atoms with van der Waals surface area (Å²) >= 11 is 0. The minimum absolute atomic E-state index is 0.0433. The topological polar surface area (TPSA) is 54.4 Å². The zero-order chi connectivity index (χ0) is 13.3. The first-order chi connectivity index (χ1) is 9.25. The van der Waals surface area contributed by atoms with Gasteiger partial charge in [0.05, 0.1) is 18.2 Å². The Kier molecular flexibility index (Phi) is 3.22. The summed E-state index contributed by atoms with van der Waals surface area (Å²) in [6, 6.07) is 9.89. The van der Waals surface area contributed by atoms with Gasteiger partial charge in [0.25, 0.3) is 0 Å². The zero-order valence-corrected chi connectivity index (χ0v) is 11.0. The number of morpholine rings is 1. The minimum atomic E-state index is -0.680. The second kappa shape index (κ2) is 4.89. The number of rotatable bonds is 2. The van der Waals surface area contributed by atoms with Gasteiger partial charge in [-0.05, 0) is 24.6 Å². The lowest BCUT2D eigenvalue weighted by Crippen LogP contribution is -2.53. The highest BCUT2D eigenvalue weighted by Crippen LogP contribution is 2.33. The van der Waals surface area contributed by atoms with Crippen LogP contribution < -0.4 is 5.32 Å². The van der Waals surface area contributed by atoms with Gasteiger partial charge < -0.3 is 15.2 Å². The van der Waals surface area contributed by atoms with Crippen molar-refractivity contribution >= 4 is 10.9 Å². The molecule has 4 nitrogen and oxygen atoms in total. The van der Waals surface area contributed by atoms with Crippen LogP contribution in [-0.2, 0) is 10.3 Å². The van der Waals surface area contributed by atoms with E-state index in [9.17, 15) is 5.11 Å². The molecule has 0 saturated carbocycles. The van der Waals surface area contributed by atoms with Gasteiger partial charge in [0.1, 0.15) is 5.60 Å². The number of aromatic nitrogens is 1. The fourth-order valence-corrected chi connectivity index (χ4v) is 2.78. The highest BCUT2D eigenvalue weighted by Gasteiger charge is 2.38. The van der Waals surface area contributed by atoms with Crippen molar-refractivity contribution in [1.82, 2.24) is 10.3 Å². The quantitative estimate of drug-likeness (QED) is 0.855. The molecule has 4 heteroatoms. The Morgan fingerprint density at radius 3 is 3.11 bits per heavy atom. The van der Waals surface area contributed by atoms with Crippen LogP contribution in [0.3, 0.4) is 0 Å². The van der Waals surface area contributed by atoms with E-state index in [2.05, 4.69) is 10.3 Å². The first-order valence-corrected chi connectivity index (χ1v) is 6.59. The first kappa shape index (κ1) is 12.5. The molecule has 0 aliphatic carbocycles. The Morgan fingerprint density at radius 2 is 2.32 bits per heavy atom. The third-order valence-electron chi connectivity index (χ3n) is 3.66. The largest absolute Gasteiger partial charge is 0.393 e. The molecule has 1 aliphatic heterocycles. The summed E-state index contributed by atoms with van der Waals surface area (Å²) in [6.45, 7) is 3.39. The number of aliphatic hydroxyl groups excluding tert-OH is 1. The monoisotopic (exact) mass is 258 g/mol. The second-order valence-corrected chi connectivity index (χ2v) is 5.09. The van der Waals surface area contributed by atoms with Crippen molar-refractivity contribution < 1.29 is 9.84 Å². The number of aliphatic hydroxyl groups is 1. The van der Waals surface area contributed by atoms with Crippen LogP contribution >= 0.6 is 0 Å². The maximum Gasteiger partial charge on any atom is 0.129 e.